The van der Waals surface area contributed by atoms with Gasteiger partial charge < -0.3 is 30.3 Å². The van der Waals surface area contributed by atoms with Gasteiger partial charge in [0, 0.05) is 47.9 Å². The Morgan fingerprint density at radius 1 is 1.05 bits per heavy atom. The summed E-state index contributed by atoms with van der Waals surface area (Å²) < 4.78 is 10.7. The van der Waals surface area contributed by atoms with Gasteiger partial charge >= 0.3 is 0 Å². The maximum atomic E-state index is 12.6. The van der Waals surface area contributed by atoms with Crippen LogP contribution in [0.2, 0.25) is 0 Å². The number of benzene rings is 2. The number of amides is 2. The molecule has 2 heterocycles. The zero-order chi connectivity index (χ0) is 27.6. The number of allylic oxidation sites excluding steroid dienone is 1. The number of methoxy groups -OCH3 is 2. The lowest BCUT2D eigenvalue weighted by Crippen LogP contribution is -2.37. The second-order valence-corrected chi connectivity index (χ2v) is 9.19. The molecule has 0 saturated carbocycles. The standard InChI is InChI=1S/C29H34N6O4/c1-38-25-11-8-21(18-26(25)39-2)24-12-13-31-27(34-24)19-23(30)29(37)33-22-9-6-20(7-10-22)28(36)32-14-17-35-15-4-3-5-16-35/h6-13,18-19,30,34H,3-5,14-17H2,1-2H3,(H,32,36)(H,33,37)/b27-19-,30-23?. The molecule has 39 heavy (non-hydrogen) atoms. The summed E-state index contributed by atoms with van der Waals surface area (Å²) in [4.78, 5) is 31.7. The van der Waals surface area contributed by atoms with Gasteiger partial charge in [-0.1, -0.05) is 6.42 Å². The monoisotopic (exact) mass is 530 g/mol. The molecule has 0 aromatic heterocycles. The van der Waals surface area contributed by atoms with Crippen molar-refractivity contribution in [2.45, 2.75) is 19.3 Å². The van der Waals surface area contributed by atoms with E-state index in [1.165, 1.54) is 25.3 Å². The number of anilines is 1. The van der Waals surface area contributed by atoms with Crippen LogP contribution in [0.15, 0.2) is 65.4 Å². The van der Waals surface area contributed by atoms with E-state index >= 15 is 0 Å². The number of piperidine rings is 1. The molecule has 1 fully saturated rings. The van der Waals surface area contributed by atoms with Gasteiger partial charge in [-0.05, 0) is 74.5 Å². The predicted octanol–water partition coefficient (Wildman–Crippen LogP) is 3.43. The normalized spacial score (nSPS) is 16.2. The summed E-state index contributed by atoms with van der Waals surface area (Å²) in [5.74, 6) is 0.794. The van der Waals surface area contributed by atoms with Gasteiger partial charge in [0.2, 0.25) is 0 Å². The summed E-state index contributed by atoms with van der Waals surface area (Å²) in [5, 5.41) is 17.0. The summed E-state index contributed by atoms with van der Waals surface area (Å²) in [6.45, 7) is 3.63. The number of aliphatic imine (C=N–C) groups is 1. The molecule has 0 aliphatic carbocycles. The summed E-state index contributed by atoms with van der Waals surface area (Å²) in [6.07, 6.45) is 8.45. The maximum Gasteiger partial charge on any atom is 0.273 e. The van der Waals surface area contributed by atoms with Crippen molar-refractivity contribution < 1.29 is 19.1 Å². The fourth-order valence-electron chi connectivity index (χ4n) is 4.37. The van der Waals surface area contributed by atoms with E-state index in [1.807, 2.05) is 12.1 Å². The van der Waals surface area contributed by atoms with Crippen LogP contribution in [-0.2, 0) is 4.79 Å². The number of nitrogens with one attached hydrogen (secondary N) is 4. The largest absolute Gasteiger partial charge is 0.493 e. The minimum Gasteiger partial charge on any atom is -0.493 e. The van der Waals surface area contributed by atoms with Crippen LogP contribution in [0.1, 0.15) is 35.2 Å². The van der Waals surface area contributed by atoms with Gasteiger partial charge in [0.25, 0.3) is 11.8 Å². The Balaban J connectivity index is 1.29. The van der Waals surface area contributed by atoms with E-state index in [2.05, 4.69) is 25.8 Å². The molecular formula is C29H34N6O4. The highest BCUT2D eigenvalue weighted by atomic mass is 16.5. The number of hydrogen-bond donors (Lipinski definition) is 4. The highest BCUT2D eigenvalue weighted by Gasteiger charge is 2.15. The fraction of sp³-hybridized carbons (Fsp3) is 0.310. The van der Waals surface area contributed by atoms with Crippen molar-refractivity contribution in [3.05, 3.63) is 71.6 Å². The minimum absolute atomic E-state index is 0.151. The zero-order valence-electron chi connectivity index (χ0n) is 22.3. The van der Waals surface area contributed by atoms with Crippen molar-refractivity contribution in [3.63, 3.8) is 0 Å². The quantitative estimate of drug-likeness (QED) is 0.349. The average Bonchev–Trinajstić information content (AvgIpc) is 2.97. The number of carbonyl (C=O) groups is 2. The second kappa shape index (κ2) is 13.4. The van der Waals surface area contributed by atoms with E-state index in [-0.39, 0.29) is 11.6 Å². The molecule has 10 nitrogen and oxygen atoms in total. The molecule has 0 unspecified atom stereocenters. The Morgan fingerprint density at radius 3 is 2.51 bits per heavy atom. The Morgan fingerprint density at radius 2 is 1.79 bits per heavy atom. The number of likely N-dealkylation sites (tertiary alicyclic amines) is 1. The lowest BCUT2D eigenvalue weighted by atomic mass is 10.1. The molecule has 2 aliphatic rings. The average molecular weight is 531 g/mol. The Hall–Kier alpha value is -4.44. The molecule has 204 valence electrons. The summed E-state index contributed by atoms with van der Waals surface area (Å²) in [7, 11) is 3.14. The highest BCUT2D eigenvalue weighted by molar-refractivity contribution is 6.46. The Bertz CT molecular complexity index is 1290. The van der Waals surface area contributed by atoms with Gasteiger partial charge in [-0.2, -0.15) is 0 Å². The highest BCUT2D eigenvalue weighted by Crippen LogP contribution is 2.30. The van der Waals surface area contributed by atoms with Gasteiger partial charge in [-0.25, -0.2) is 4.99 Å². The molecule has 2 amide bonds. The molecule has 2 aliphatic heterocycles. The first-order valence-electron chi connectivity index (χ1n) is 12.9. The van der Waals surface area contributed by atoms with E-state index in [1.54, 1.807) is 56.8 Å². The molecular weight excluding hydrogens is 496 g/mol. The summed E-state index contributed by atoms with van der Waals surface area (Å²) >= 11 is 0. The van der Waals surface area contributed by atoms with Gasteiger partial charge in [-0.15, -0.1) is 0 Å². The van der Waals surface area contributed by atoms with E-state index in [0.29, 0.717) is 35.1 Å². The maximum absolute atomic E-state index is 12.6. The molecule has 1 saturated heterocycles. The number of carbonyl (C=O) groups excluding carboxylic acids is 2. The third kappa shape index (κ3) is 7.55. The first kappa shape index (κ1) is 27.6. The van der Waals surface area contributed by atoms with Crippen LogP contribution in [0.3, 0.4) is 0 Å². The lowest BCUT2D eigenvalue weighted by Gasteiger charge is -2.26. The van der Waals surface area contributed by atoms with Gasteiger partial charge in [-0.3, -0.25) is 15.0 Å². The predicted molar refractivity (Wildman–Crippen MR) is 153 cm³/mol. The van der Waals surface area contributed by atoms with Crippen molar-refractivity contribution in [1.29, 1.82) is 5.41 Å². The van der Waals surface area contributed by atoms with Crippen molar-refractivity contribution in [2.24, 2.45) is 4.99 Å². The van der Waals surface area contributed by atoms with Crippen molar-refractivity contribution in [2.75, 3.05) is 45.7 Å². The fourth-order valence-corrected chi connectivity index (χ4v) is 4.37. The second-order valence-electron chi connectivity index (χ2n) is 9.19. The van der Waals surface area contributed by atoms with Crippen molar-refractivity contribution >= 4 is 35.1 Å². The molecule has 2 aromatic rings. The molecule has 4 N–H and O–H groups in total. The van der Waals surface area contributed by atoms with Gasteiger partial charge in [0.05, 0.1) is 14.2 Å². The molecule has 10 heteroatoms. The lowest BCUT2D eigenvalue weighted by molar-refractivity contribution is -0.110. The smallest absolute Gasteiger partial charge is 0.273 e. The Kier molecular flexibility index (Phi) is 9.47. The first-order chi connectivity index (χ1) is 19.0. The van der Waals surface area contributed by atoms with E-state index in [9.17, 15) is 9.59 Å². The molecule has 2 aromatic carbocycles. The molecule has 4 rings (SSSR count). The van der Waals surface area contributed by atoms with Crippen molar-refractivity contribution in [1.82, 2.24) is 15.5 Å². The third-order valence-corrected chi connectivity index (χ3v) is 6.51. The molecule has 0 radical (unpaired) electrons. The first-order valence-corrected chi connectivity index (χ1v) is 12.9. The van der Waals surface area contributed by atoms with Crippen LogP contribution in [0.5, 0.6) is 11.5 Å². The molecule has 0 atom stereocenters. The Labute approximate surface area is 228 Å². The number of rotatable bonds is 10. The SMILES string of the molecule is COc1ccc(C2=CC=N/C(=C/C(=N)C(=O)Nc3ccc(C(=O)NCCN4CCCCC4)cc3)N2)cc1OC. The van der Waals surface area contributed by atoms with Crippen LogP contribution in [-0.4, -0.2) is 69.0 Å². The summed E-state index contributed by atoms with van der Waals surface area (Å²) in [6, 6.07) is 12.1. The van der Waals surface area contributed by atoms with Crippen LogP contribution in [0.4, 0.5) is 5.69 Å². The molecule has 0 spiro atoms. The summed E-state index contributed by atoms with van der Waals surface area (Å²) in [5.41, 5.74) is 2.28. The number of hydrogen-bond acceptors (Lipinski definition) is 8. The van der Waals surface area contributed by atoms with E-state index in [4.69, 9.17) is 14.9 Å². The van der Waals surface area contributed by atoms with E-state index in [0.717, 1.165) is 30.9 Å². The minimum atomic E-state index is -0.597. The van der Waals surface area contributed by atoms with Crippen LogP contribution < -0.4 is 25.4 Å². The third-order valence-electron chi connectivity index (χ3n) is 6.51. The number of nitrogens with zero attached hydrogens (tertiary/aromatic N) is 2. The van der Waals surface area contributed by atoms with Crippen LogP contribution >= 0.6 is 0 Å². The zero-order valence-corrected chi connectivity index (χ0v) is 22.3. The van der Waals surface area contributed by atoms with Crippen molar-refractivity contribution in [3.8, 4) is 11.5 Å². The number of ether oxygens (including phenoxy) is 2. The topological polar surface area (TPSA) is 128 Å². The van der Waals surface area contributed by atoms with Gasteiger partial charge in [0.1, 0.15) is 11.5 Å². The van der Waals surface area contributed by atoms with Crippen LogP contribution in [0, 0.1) is 5.41 Å². The van der Waals surface area contributed by atoms with E-state index < -0.39 is 5.91 Å². The van der Waals surface area contributed by atoms with Gasteiger partial charge in [0.15, 0.2) is 11.5 Å². The van der Waals surface area contributed by atoms with Crippen LogP contribution in [0.25, 0.3) is 5.70 Å². The molecule has 0 bridgehead atoms.